The lowest BCUT2D eigenvalue weighted by atomic mass is 10.2. The summed E-state index contributed by atoms with van der Waals surface area (Å²) in [7, 11) is 0. The van der Waals surface area contributed by atoms with E-state index in [2.05, 4.69) is 32.1 Å². The maximum absolute atomic E-state index is 5.44. The molecule has 4 rings (SSSR count). The highest BCUT2D eigenvalue weighted by Gasteiger charge is 2.10. The minimum Gasteiger partial charge on any atom is -0.273 e. The van der Waals surface area contributed by atoms with Crippen LogP contribution in [0.2, 0.25) is 0 Å². The highest BCUT2D eigenvalue weighted by atomic mass is 32.1. The fourth-order valence-corrected chi connectivity index (χ4v) is 3.64. The van der Waals surface area contributed by atoms with E-state index in [1.807, 2.05) is 30.5 Å². The number of rotatable bonds is 1. The molecule has 0 bridgehead atoms. The number of imidazole rings is 1. The highest BCUT2D eigenvalue weighted by Crippen LogP contribution is 2.24. The number of para-hydroxylation sites is 1. The molecule has 0 N–H and O–H groups in total. The van der Waals surface area contributed by atoms with E-state index < -0.39 is 0 Å². The maximum Gasteiger partial charge on any atom is 0.116 e. The number of nitrogens with zero attached hydrogens (tertiary/aromatic N) is 3. The van der Waals surface area contributed by atoms with Crippen LogP contribution < -0.4 is 0 Å². The van der Waals surface area contributed by atoms with E-state index in [4.69, 9.17) is 12.2 Å². The van der Waals surface area contributed by atoms with Gasteiger partial charge in [-0.15, -0.1) is 0 Å². The lowest BCUT2D eigenvalue weighted by Gasteiger charge is -2.07. The summed E-state index contributed by atoms with van der Waals surface area (Å²) in [5.41, 5.74) is 2.91. The van der Waals surface area contributed by atoms with Crippen LogP contribution in [0.5, 0.6) is 0 Å². The van der Waals surface area contributed by atoms with Crippen molar-refractivity contribution < 1.29 is 0 Å². The SMILES string of the molecule is S=c1cc2ncnc-2c2sn(-c3ccccc3)ccc1=2. The van der Waals surface area contributed by atoms with Gasteiger partial charge >= 0.3 is 0 Å². The minimum atomic E-state index is 0.824. The Morgan fingerprint density at radius 1 is 1.05 bits per heavy atom. The Labute approximate surface area is 124 Å². The van der Waals surface area contributed by atoms with E-state index in [9.17, 15) is 0 Å². The molecule has 3 aliphatic rings. The Hall–Kier alpha value is -2.11. The number of hydrogen-bond acceptors (Lipinski definition) is 4. The Balaban J connectivity index is 2.11. The molecule has 5 heteroatoms. The maximum atomic E-state index is 5.44. The smallest absolute Gasteiger partial charge is 0.116 e. The molecule has 0 atom stereocenters. The van der Waals surface area contributed by atoms with Crippen LogP contribution in [0.25, 0.3) is 17.1 Å². The summed E-state index contributed by atoms with van der Waals surface area (Å²) in [4.78, 5) is 8.61. The van der Waals surface area contributed by atoms with Crippen molar-refractivity contribution in [1.82, 2.24) is 13.9 Å². The Kier molecular flexibility index (Phi) is 2.61. The molecule has 20 heavy (non-hydrogen) atoms. The lowest BCUT2D eigenvalue weighted by molar-refractivity contribution is 1.17. The molecule has 3 nitrogen and oxygen atoms in total. The summed E-state index contributed by atoms with van der Waals surface area (Å²) in [6.45, 7) is 0. The molecule has 2 heterocycles. The van der Waals surface area contributed by atoms with Gasteiger partial charge in [-0.3, -0.25) is 3.96 Å². The van der Waals surface area contributed by atoms with Crippen LogP contribution in [-0.2, 0) is 0 Å². The van der Waals surface area contributed by atoms with Gasteiger partial charge in [0.2, 0.25) is 0 Å². The molecule has 2 aliphatic heterocycles. The van der Waals surface area contributed by atoms with Crippen molar-refractivity contribution in [2.24, 2.45) is 0 Å². The number of hydrogen-bond donors (Lipinski definition) is 0. The number of aromatic nitrogens is 3. The van der Waals surface area contributed by atoms with Crippen LogP contribution in [0.4, 0.5) is 0 Å². The lowest BCUT2D eigenvalue weighted by Crippen LogP contribution is -1.93. The molecule has 0 unspecified atom stereocenters. The van der Waals surface area contributed by atoms with Gasteiger partial charge in [0.15, 0.2) is 0 Å². The Morgan fingerprint density at radius 3 is 2.75 bits per heavy atom. The topological polar surface area (TPSA) is 30.7 Å². The van der Waals surface area contributed by atoms with Crippen molar-refractivity contribution in [2.75, 3.05) is 0 Å². The van der Waals surface area contributed by atoms with Gasteiger partial charge in [0, 0.05) is 15.9 Å². The second kappa shape index (κ2) is 4.47. The zero-order valence-electron chi connectivity index (χ0n) is 10.4. The van der Waals surface area contributed by atoms with Crippen molar-refractivity contribution in [2.45, 2.75) is 0 Å². The van der Waals surface area contributed by atoms with Crippen molar-refractivity contribution in [3.05, 3.63) is 69.2 Å². The molecule has 1 aliphatic carbocycles. The average Bonchev–Trinajstić information content (AvgIpc) is 2.96. The van der Waals surface area contributed by atoms with Crippen LogP contribution in [0, 0.1) is 14.3 Å². The predicted octanol–water partition coefficient (Wildman–Crippen LogP) is 3.89. The summed E-state index contributed by atoms with van der Waals surface area (Å²) < 4.78 is 4.02. The van der Waals surface area contributed by atoms with Crippen LogP contribution in [0.1, 0.15) is 0 Å². The molecule has 0 aromatic heterocycles. The third-order valence-corrected chi connectivity index (χ3v) is 4.66. The van der Waals surface area contributed by atoms with Crippen molar-refractivity contribution in [1.29, 1.82) is 0 Å². The van der Waals surface area contributed by atoms with Crippen molar-refractivity contribution in [3.8, 4) is 17.1 Å². The first-order valence-electron chi connectivity index (χ1n) is 6.15. The number of fused-ring (bicyclic) bond motifs is 2. The van der Waals surface area contributed by atoms with Gasteiger partial charge in [0.05, 0.1) is 15.9 Å². The quantitative estimate of drug-likeness (QED) is 0.499. The summed E-state index contributed by atoms with van der Waals surface area (Å²) >= 11 is 7.07. The zero-order valence-corrected chi connectivity index (χ0v) is 12.0. The van der Waals surface area contributed by atoms with Crippen LogP contribution >= 0.6 is 23.8 Å². The summed E-state index contributed by atoms with van der Waals surface area (Å²) in [5, 5.41) is 1.06. The van der Waals surface area contributed by atoms with Crippen LogP contribution in [-0.4, -0.2) is 13.9 Å². The first kappa shape index (κ1) is 11.7. The van der Waals surface area contributed by atoms with Gasteiger partial charge in [0.1, 0.15) is 12.0 Å². The Morgan fingerprint density at radius 2 is 1.90 bits per heavy atom. The molecule has 0 spiro atoms. The first-order chi connectivity index (χ1) is 9.83. The molecule has 1 aromatic carbocycles. The van der Waals surface area contributed by atoms with Gasteiger partial charge in [-0.2, -0.15) is 0 Å². The molecule has 96 valence electrons. The second-order valence-electron chi connectivity index (χ2n) is 4.43. The third-order valence-electron chi connectivity index (χ3n) is 3.20. The molecule has 1 aromatic rings. The van der Waals surface area contributed by atoms with E-state index in [1.54, 1.807) is 17.9 Å². The summed E-state index contributed by atoms with van der Waals surface area (Å²) in [5.74, 6) is 0. The predicted molar refractivity (Wildman–Crippen MR) is 82.0 cm³/mol. The third kappa shape index (κ3) is 1.75. The van der Waals surface area contributed by atoms with E-state index in [0.717, 1.165) is 31.3 Å². The fourth-order valence-electron chi connectivity index (χ4n) is 2.23. The standard InChI is InChI=1S/C15H9N3S2/c19-13-8-12-14(17-9-16-12)15-11(13)6-7-18(20-15)10-4-2-1-3-5-10/h1-9H. The molecule has 0 radical (unpaired) electrons. The molecule has 0 amide bonds. The monoisotopic (exact) mass is 295 g/mol. The van der Waals surface area contributed by atoms with Gasteiger partial charge < -0.3 is 0 Å². The summed E-state index contributed by atoms with van der Waals surface area (Å²) in [6, 6.07) is 14.2. The first-order valence-corrected chi connectivity index (χ1v) is 7.33. The zero-order chi connectivity index (χ0) is 13.5. The summed E-state index contributed by atoms with van der Waals surface area (Å²) in [6.07, 6.45) is 3.63. The number of benzene rings is 1. The molecule has 0 fully saturated rings. The van der Waals surface area contributed by atoms with Crippen LogP contribution in [0.3, 0.4) is 0 Å². The van der Waals surface area contributed by atoms with E-state index in [1.165, 1.54) is 0 Å². The van der Waals surface area contributed by atoms with E-state index >= 15 is 0 Å². The molecule has 0 saturated heterocycles. The molecular formula is C15H9N3S2. The highest BCUT2D eigenvalue weighted by molar-refractivity contribution is 7.71. The van der Waals surface area contributed by atoms with Gasteiger partial charge in [-0.05, 0) is 24.3 Å². The van der Waals surface area contributed by atoms with E-state index in [-0.39, 0.29) is 0 Å². The Bertz CT molecular complexity index is 972. The largest absolute Gasteiger partial charge is 0.273 e. The van der Waals surface area contributed by atoms with Gasteiger partial charge in [-0.1, -0.05) is 41.9 Å². The molecular weight excluding hydrogens is 286 g/mol. The van der Waals surface area contributed by atoms with Gasteiger partial charge in [0.25, 0.3) is 0 Å². The minimum absolute atomic E-state index is 0.824. The van der Waals surface area contributed by atoms with Crippen LogP contribution in [0.15, 0.2) is 55.0 Å². The molecule has 0 saturated carbocycles. The van der Waals surface area contributed by atoms with Crippen molar-refractivity contribution in [3.63, 3.8) is 0 Å². The van der Waals surface area contributed by atoms with Crippen molar-refractivity contribution >= 4 is 23.8 Å². The van der Waals surface area contributed by atoms with E-state index in [0.29, 0.717) is 0 Å². The fraction of sp³-hybridized carbons (Fsp3) is 0. The second-order valence-corrected chi connectivity index (χ2v) is 5.85. The average molecular weight is 295 g/mol. The normalized spacial score (nSPS) is 11.2. The van der Waals surface area contributed by atoms with Gasteiger partial charge in [-0.25, -0.2) is 9.97 Å².